The minimum atomic E-state index is -2.22. The molecule has 0 saturated heterocycles. The van der Waals surface area contributed by atoms with Gasteiger partial charge >= 0.3 is 11.9 Å². The number of carboxylic acids is 1. The molecular formula is C22H27NO6. The van der Waals surface area contributed by atoms with Crippen LogP contribution >= 0.6 is 0 Å². The Hall–Kier alpha value is -3.06. The van der Waals surface area contributed by atoms with E-state index in [0.717, 1.165) is 5.56 Å². The Morgan fingerprint density at radius 2 is 1.66 bits per heavy atom. The molecule has 3 N–H and O–H groups in total. The van der Waals surface area contributed by atoms with E-state index in [2.05, 4.69) is 0 Å². The SMILES string of the molecule is COc1ccc(CC(N)(C(=O)O)C(=O)OC(C)(C)C)cc1OCc1ccccc1. The van der Waals surface area contributed by atoms with Crippen LogP contribution in [0.5, 0.6) is 11.5 Å². The molecule has 7 nitrogen and oxygen atoms in total. The van der Waals surface area contributed by atoms with Gasteiger partial charge in [0.25, 0.3) is 0 Å². The van der Waals surface area contributed by atoms with Gasteiger partial charge in [-0.25, -0.2) is 9.59 Å². The molecule has 2 aromatic rings. The van der Waals surface area contributed by atoms with Crippen molar-refractivity contribution in [1.82, 2.24) is 0 Å². The van der Waals surface area contributed by atoms with E-state index in [9.17, 15) is 14.7 Å². The largest absolute Gasteiger partial charge is 0.493 e. The van der Waals surface area contributed by atoms with E-state index in [0.29, 0.717) is 23.7 Å². The second kappa shape index (κ2) is 8.96. The van der Waals surface area contributed by atoms with E-state index in [1.165, 1.54) is 7.11 Å². The Balaban J connectivity index is 2.26. The number of aliphatic carboxylic acids is 1. The smallest absolute Gasteiger partial charge is 0.338 e. The number of benzene rings is 2. The highest BCUT2D eigenvalue weighted by atomic mass is 16.6. The molecule has 1 atom stereocenters. The first-order valence-electron chi connectivity index (χ1n) is 9.14. The van der Waals surface area contributed by atoms with Gasteiger partial charge in [0.2, 0.25) is 5.54 Å². The third-order valence-electron chi connectivity index (χ3n) is 4.09. The lowest BCUT2D eigenvalue weighted by Gasteiger charge is -2.28. The topological polar surface area (TPSA) is 108 Å². The predicted molar refractivity (Wildman–Crippen MR) is 108 cm³/mol. The number of carbonyl (C=O) groups is 2. The highest BCUT2D eigenvalue weighted by Crippen LogP contribution is 2.30. The second-order valence-electron chi connectivity index (χ2n) is 7.71. The van der Waals surface area contributed by atoms with Crippen LogP contribution < -0.4 is 15.2 Å². The molecule has 2 rings (SSSR count). The third kappa shape index (κ3) is 5.96. The number of hydrogen-bond acceptors (Lipinski definition) is 6. The van der Waals surface area contributed by atoms with Gasteiger partial charge < -0.3 is 25.1 Å². The summed E-state index contributed by atoms with van der Waals surface area (Å²) in [5, 5.41) is 9.60. The quantitative estimate of drug-likeness (QED) is 0.517. The van der Waals surface area contributed by atoms with E-state index in [4.69, 9.17) is 19.9 Å². The highest BCUT2D eigenvalue weighted by molar-refractivity contribution is 6.04. The Bertz CT molecular complexity index is 859. The van der Waals surface area contributed by atoms with E-state index >= 15 is 0 Å². The van der Waals surface area contributed by atoms with Crippen LogP contribution in [0.25, 0.3) is 0 Å². The number of nitrogens with two attached hydrogens (primary N) is 1. The first-order valence-corrected chi connectivity index (χ1v) is 9.14. The van der Waals surface area contributed by atoms with Crippen molar-refractivity contribution in [3.05, 3.63) is 59.7 Å². The summed E-state index contributed by atoms with van der Waals surface area (Å²) in [7, 11) is 1.51. The zero-order valence-electron chi connectivity index (χ0n) is 17.1. The average molecular weight is 401 g/mol. The minimum absolute atomic E-state index is 0.261. The molecule has 0 aliphatic heterocycles. The maximum Gasteiger partial charge on any atom is 0.338 e. The van der Waals surface area contributed by atoms with Gasteiger partial charge in [-0.3, -0.25) is 0 Å². The maximum absolute atomic E-state index is 12.5. The van der Waals surface area contributed by atoms with Crippen molar-refractivity contribution in [2.45, 2.75) is 44.9 Å². The van der Waals surface area contributed by atoms with Gasteiger partial charge in [-0.2, -0.15) is 0 Å². The van der Waals surface area contributed by atoms with Crippen molar-refractivity contribution in [3.63, 3.8) is 0 Å². The van der Waals surface area contributed by atoms with Gasteiger partial charge in [-0.1, -0.05) is 36.4 Å². The molecule has 0 bridgehead atoms. The van der Waals surface area contributed by atoms with Crippen molar-refractivity contribution < 1.29 is 28.9 Å². The molecule has 2 aromatic carbocycles. The molecule has 0 saturated carbocycles. The molecule has 0 aromatic heterocycles. The van der Waals surface area contributed by atoms with Gasteiger partial charge in [-0.15, -0.1) is 0 Å². The van der Waals surface area contributed by atoms with Gasteiger partial charge in [0, 0.05) is 6.42 Å². The van der Waals surface area contributed by atoms with E-state index in [-0.39, 0.29) is 6.42 Å². The molecular weight excluding hydrogens is 374 g/mol. The molecule has 29 heavy (non-hydrogen) atoms. The van der Waals surface area contributed by atoms with E-state index < -0.39 is 23.1 Å². The Morgan fingerprint density at radius 1 is 1.00 bits per heavy atom. The summed E-state index contributed by atoms with van der Waals surface area (Å²) in [4.78, 5) is 24.3. The van der Waals surface area contributed by atoms with Crippen LogP contribution in [0.15, 0.2) is 48.5 Å². The van der Waals surface area contributed by atoms with Crippen LogP contribution in [0.3, 0.4) is 0 Å². The number of hydrogen-bond donors (Lipinski definition) is 2. The van der Waals surface area contributed by atoms with Gasteiger partial charge in [0.15, 0.2) is 11.5 Å². The third-order valence-corrected chi connectivity index (χ3v) is 4.09. The normalized spacial score (nSPS) is 13.3. The van der Waals surface area contributed by atoms with Crippen LogP contribution in [-0.4, -0.2) is 35.3 Å². The van der Waals surface area contributed by atoms with Crippen LogP contribution in [0, 0.1) is 0 Å². The fraction of sp³-hybridized carbons (Fsp3) is 0.364. The first-order chi connectivity index (χ1) is 13.5. The molecule has 0 heterocycles. The summed E-state index contributed by atoms with van der Waals surface area (Å²) in [6.07, 6.45) is -0.261. The molecule has 1 unspecified atom stereocenters. The molecule has 156 valence electrons. The number of ether oxygens (including phenoxy) is 3. The average Bonchev–Trinajstić information content (AvgIpc) is 2.65. The fourth-order valence-electron chi connectivity index (χ4n) is 2.61. The Labute approximate surface area is 170 Å². The Kier molecular flexibility index (Phi) is 6.87. The second-order valence-corrected chi connectivity index (χ2v) is 7.71. The summed E-state index contributed by atoms with van der Waals surface area (Å²) >= 11 is 0. The summed E-state index contributed by atoms with van der Waals surface area (Å²) < 4.78 is 16.4. The zero-order valence-corrected chi connectivity index (χ0v) is 17.1. The van der Waals surface area contributed by atoms with Crippen LogP contribution in [-0.2, 0) is 27.4 Å². The molecule has 7 heteroatoms. The lowest BCUT2D eigenvalue weighted by Crippen LogP contribution is -2.58. The van der Waals surface area contributed by atoms with Crippen molar-refractivity contribution in [3.8, 4) is 11.5 Å². The van der Waals surface area contributed by atoms with Gasteiger partial charge in [-0.05, 0) is 44.0 Å². The number of esters is 1. The summed E-state index contributed by atoms with van der Waals surface area (Å²) in [5.74, 6) is -1.56. The highest BCUT2D eigenvalue weighted by Gasteiger charge is 2.45. The van der Waals surface area contributed by atoms with Gasteiger partial charge in [0.1, 0.15) is 12.2 Å². The first kappa shape index (κ1) is 22.2. The summed E-state index contributed by atoms with van der Waals surface area (Å²) in [5.41, 5.74) is 4.35. The molecule has 0 radical (unpaired) electrons. The molecule has 0 aliphatic rings. The Morgan fingerprint density at radius 3 is 2.21 bits per heavy atom. The monoisotopic (exact) mass is 401 g/mol. The van der Waals surface area contributed by atoms with Crippen molar-refractivity contribution in [1.29, 1.82) is 0 Å². The van der Waals surface area contributed by atoms with Gasteiger partial charge in [0.05, 0.1) is 7.11 Å². The number of rotatable bonds is 8. The maximum atomic E-state index is 12.5. The van der Waals surface area contributed by atoms with Crippen LogP contribution in [0.2, 0.25) is 0 Å². The number of carboxylic acid groups (broad SMARTS) is 1. The van der Waals surface area contributed by atoms with Crippen LogP contribution in [0.1, 0.15) is 31.9 Å². The minimum Gasteiger partial charge on any atom is -0.493 e. The lowest BCUT2D eigenvalue weighted by atomic mass is 9.91. The predicted octanol–water partition coefficient (Wildman–Crippen LogP) is 2.94. The van der Waals surface area contributed by atoms with E-state index in [1.54, 1.807) is 39.0 Å². The standard InChI is InChI=1S/C22H27NO6/c1-21(2,3)29-20(26)22(23,19(24)25)13-16-10-11-17(27-4)18(12-16)28-14-15-8-6-5-7-9-15/h5-12H,13-14,23H2,1-4H3,(H,24,25). The van der Waals surface area contributed by atoms with Crippen LogP contribution in [0.4, 0.5) is 0 Å². The summed E-state index contributed by atoms with van der Waals surface area (Å²) in [6.45, 7) is 5.25. The molecule has 0 spiro atoms. The van der Waals surface area contributed by atoms with Crippen molar-refractivity contribution in [2.24, 2.45) is 5.73 Å². The zero-order chi connectivity index (χ0) is 21.7. The van der Waals surface area contributed by atoms with Crippen molar-refractivity contribution >= 4 is 11.9 Å². The molecule has 0 amide bonds. The molecule has 0 aliphatic carbocycles. The van der Waals surface area contributed by atoms with Crippen molar-refractivity contribution in [2.75, 3.05) is 7.11 Å². The lowest BCUT2D eigenvalue weighted by molar-refractivity contribution is -0.169. The number of carbonyl (C=O) groups excluding carboxylic acids is 1. The van der Waals surface area contributed by atoms with E-state index in [1.807, 2.05) is 30.3 Å². The summed E-state index contributed by atoms with van der Waals surface area (Å²) in [6, 6.07) is 14.5. The molecule has 0 fully saturated rings. The fourth-order valence-corrected chi connectivity index (χ4v) is 2.61. The number of methoxy groups -OCH3 is 1.